The summed E-state index contributed by atoms with van der Waals surface area (Å²) >= 11 is 1.97. The standard InChI is InChI=1S/C49H36N2S/c1-4-14-35(15-5-1)48-50-44(33-24-26-34(27-25-33)47-31-37-16-10-13-23-46(37)52-47)32-45(51-48)36-28-29-41-40-21-11-12-22-42(40)49(43(41)30-36,38-17-6-2-7-18-38)39-19-8-3-9-20-39/h1-9,11-12,14-15,17-22,24-32H,10,13,16,23H2. The first-order valence-corrected chi connectivity index (χ1v) is 19.1. The maximum absolute atomic E-state index is 5.26. The molecule has 0 amide bonds. The molecule has 0 saturated heterocycles. The van der Waals surface area contributed by atoms with Crippen LogP contribution in [-0.2, 0) is 18.3 Å². The number of aromatic nitrogens is 2. The molecule has 0 atom stereocenters. The minimum absolute atomic E-state index is 0.473. The summed E-state index contributed by atoms with van der Waals surface area (Å²) in [5, 5.41) is 0. The van der Waals surface area contributed by atoms with Gasteiger partial charge in [0.2, 0.25) is 0 Å². The van der Waals surface area contributed by atoms with Gasteiger partial charge in [-0.3, -0.25) is 0 Å². The van der Waals surface area contributed by atoms with E-state index < -0.39 is 5.41 Å². The van der Waals surface area contributed by atoms with E-state index in [9.17, 15) is 0 Å². The van der Waals surface area contributed by atoms with Crippen LogP contribution in [-0.4, -0.2) is 9.97 Å². The molecule has 0 aliphatic heterocycles. The summed E-state index contributed by atoms with van der Waals surface area (Å²) in [6.07, 6.45) is 5.04. The van der Waals surface area contributed by atoms with Gasteiger partial charge in [0.1, 0.15) is 0 Å². The van der Waals surface area contributed by atoms with Gasteiger partial charge in [0.25, 0.3) is 0 Å². The van der Waals surface area contributed by atoms with E-state index >= 15 is 0 Å². The fourth-order valence-corrected chi connectivity index (χ4v) is 9.76. The first kappa shape index (κ1) is 30.9. The average molecular weight is 685 g/mol. The Labute approximate surface area is 309 Å². The number of rotatable bonds is 6. The second-order valence-corrected chi connectivity index (χ2v) is 15.1. The normalized spacial score (nSPS) is 14.0. The van der Waals surface area contributed by atoms with E-state index in [2.05, 4.69) is 164 Å². The molecule has 6 aromatic carbocycles. The number of hydrogen-bond donors (Lipinski definition) is 0. The molecule has 2 heterocycles. The monoisotopic (exact) mass is 684 g/mol. The minimum atomic E-state index is -0.473. The first-order chi connectivity index (χ1) is 25.8. The molecule has 0 unspecified atom stereocenters. The van der Waals surface area contributed by atoms with Crippen molar-refractivity contribution in [2.75, 3.05) is 0 Å². The Morgan fingerprint density at radius 2 is 1.02 bits per heavy atom. The second kappa shape index (κ2) is 12.7. The Kier molecular flexibility index (Phi) is 7.54. The minimum Gasteiger partial charge on any atom is -0.228 e. The Morgan fingerprint density at radius 3 is 1.73 bits per heavy atom. The van der Waals surface area contributed by atoms with Crippen LogP contribution < -0.4 is 0 Å². The lowest BCUT2D eigenvalue weighted by atomic mass is 9.67. The molecule has 2 aliphatic rings. The molecule has 52 heavy (non-hydrogen) atoms. The highest BCUT2D eigenvalue weighted by Crippen LogP contribution is 2.56. The van der Waals surface area contributed by atoms with Gasteiger partial charge in [0.15, 0.2) is 5.82 Å². The maximum atomic E-state index is 5.26. The van der Waals surface area contributed by atoms with Crippen molar-refractivity contribution in [1.82, 2.24) is 9.97 Å². The number of thiophene rings is 1. The van der Waals surface area contributed by atoms with Gasteiger partial charge in [-0.2, -0.15) is 0 Å². The van der Waals surface area contributed by atoms with Crippen molar-refractivity contribution < 1.29 is 0 Å². The smallest absolute Gasteiger partial charge is 0.160 e. The van der Waals surface area contributed by atoms with E-state index in [1.165, 1.54) is 69.5 Å². The molecule has 2 nitrogen and oxygen atoms in total. The molecule has 2 aromatic heterocycles. The van der Waals surface area contributed by atoms with Crippen LogP contribution in [0.15, 0.2) is 170 Å². The van der Waals surface area contributed by atoms with E-state index in [0.29, 0.717) is 0 Å². The van der Waals surface area contributed by atoms with Crippen LogP contribution in [0.3, 0.4) is 0 Å². The molecule has 0 spiro atoms. The van der Waals surface area contributed by atoms with Crippen LogP contribution in [0.5, 0.6) is 0 Å². The maximum Gasteiger partial charge on any atom is 0.160 e. The summed E-state index contributed by atoms with van der Waals surface area (Å²) in [5.74, 6) is 0.726. The van der Waals surface area contributed by atoms with Gasteiger partial charge >= 0.3 is 0 Å². The van der Waals surface area contributed by atoms with Gasteiger partial charge in [-0.15, -0.1) is 11.3 Å². The van der Waals surface area contributed by atoms with Gasteiger partial charge in [-0.05, 0) is 88.4 Å². The summed E-state index contributed by atoms with van der Waals surface area (Å²) in [6, 6.07) is 61.7. The number of nitrogens with zero attached hydrogens (tertiary/aromatic N) is 2. The highest BCUT2D eigenvalue weighted by Gasteiger charge is 2.46. The van der Waals surface area contributed by atoms with Crippen LogP contribution in [0.2, 0.25) is 0 Å². The van der Waals surface area contributed by atoms with Crippen LogP contribution in [0.1, 0.15) is 45.5 Å². The lowest BCUT2D eigenvalue weighted by Crippen LogP contribution is -2.28. The number of hydrogen-bond acceptors (Lipinski definition) is 3. The summed E-state index contributed by atoms with van der Waals surface area (Å²) < 4.78 is 0. The van der Waals surface area contributed by atoms with E-state index in [0.717, 1.165) is 33.9 Å². The van der Waals surface area contributed by atoms with Crippen LogP contribution in [0.25, 0.3) is 55.5 Å². The molecule has 8 aromatic rings. The third-order valence-corrected chi connectivity index (χ3v) is 12.3. The molecule has 248 valence electrons. The molecular weight excluding hydrogens is 649 g/mol. The molecule has 10 rings (SSSR count). The summed E-state index contributed by atoms with van der Waals surface area (Å²) in [7, 11) is 0. The van der Waals surface area contributed by atoms with Gasteiger partial charge in [-0.1, -0.05) is 152 Å². The fraction of sp³-hybridized carbons (Fsp3) is 0.102. The van der Waals surface area contributed by atoms with Crippen molar-refractivity contribution in [3.05, 3.63) is 203 Å². The highest BCUT2D eigenvalue weighted by molar-refractivity contribution is 7.15. The van der Waals surface area contributed by atoms with E-state index in [4.69, 9.17) is 9.97 Å². The zero-order valence-corrected chi connectivity index (χ0v) is 29.6. The Morgan fingerprint density at radius 1 is 0.442 bits per heavy atom. The number of fused-ring (bicyclic) bond motifs is 4. The third kappa shape index (κ3) is 5.07. The van der Waals surface area contributed by atoms with Crippen LogP contribution in [0, 0.1) is 0 Å². The Hall–Kier alpha value is -5.90. The molecular formula is C49H36N2S. The molecule has 0 radical (unpaired) electrons. The van der Waals surface area contributed by atoms with Crippen molar-refractivity contribution in [2.45, 2.75) is 31.1 Å². The number of benzene rings is 6. The molecule has 2 aliphatic carbocycles. The fourth-order valence-electron chi connectivity index (χ4n) is 8.50. The highest BCUT2D eigenvalue weighted by atomic mass is 32.1. The quantitative estimate of drug-likeness (QED) is 0.174. The zero-order chi connectivity index (χ0) is 34.5. The molecule has 0 fully saturated rings. The SMILES string of the molecule is c1ccc(-c2nc(-c3ccc(-c4cc5c(s4)CCCC5)cc3)cc(-c3ccc4c(c3)C(c3ccccc3)(c3ccccc3)c3ccccc3-4)n2)cc1. The van der Waals surface area contributed by atoms with Crippen LogP contribution in [0.4, 0.5) is 0 Å². The lowest BCUT2D eigenvalue weighted by Gasteiger charge is -2.34. The van der Waals surface area contributed by atoms with Crippen molar-refractivity contribution >= 4 is 11.3 Å². The predicted octanol–water partition coefficient (Wildman–Crippen LogP) is 12.4. The van der Waals surface area contributed by atoms with Gasteiger partial charge in [0, 0.05) is 26.4 Å². The largest absolute Gasteiger partial charge is 0.228 e. The summed E-state index contributed by atoms with van der Waals surface area (Å²) in [6.45, 7) is 0. The van der Waals surface area contributed by atoms with E-state index in [1.807, 2.05) is 17.4 Å². The van der Waals surface area contributed by atoms with E-state index in [-0.39, 0.29) is 0 Å². The zero-order valence-electron chi connectivity index (χ0n) is 28.8. The van der Waals surface area contributed by atoms with Crippen molar-refractivity contribution in [2.24, 2.45) is 0 Å². The van der Waals surface area contributed by atoms with E-state index in [1.54, 1.807) is 10.4 Å². The van der Waals surface area contributed by atoms with Gasteiger partial charge in [-0.25, -0.2) is 9.97 Å². The van der Waals surface area contributed by atoms with Crippen LogP contribution >= 0.6 is 11.3 Å². The molecule has 0 saturated carbocycles. The van der Waals surface area contributed by atoms with Crippen molar-refractivity contribution in [3.63, 3.8) is 0 Å². The lowest BCUT2D eigenvalue weighted by molar-refractivity contribution is 0.697. The Bertz CT molecular complexity index is 2490. The Balaban J connectivity index is 1.14. The molecule has 0 bridgehead atoms. The number of aryl methyl sites for hydroxylation is 2. The average Bonchev–Trinajstić information content (AvgIpc) is 3.80. The van der Waals surface area contributed by atoms with Gasteiger partial charge < -0.3 is 0 Å². The van der Waals surface area contributed by atoms with Crippen molar-refractivity contribution in [3.8, 4) is 55.5 Å². The molecule has 0 N–H and O–H groups in total. The second-order valence-electron chi connectivity index (χ2n) is 14.0. The first-order valence-electron chi connectivity index (χ1n) is 18.3. The third-order valence-electron chi connectivity index (χ3n) is 11.0. The van der Waals surface area contributed by atoms with Gasteiger partial charge in [0.05, 0.1) is 16.8 Å². The topological polar surface area (TPSA) is 25.8 Å². The summed E-state index contributed by atoms with van der Waals surface area (Å²) in [5.41, 5.74) is 15.0. The predicted molar refractivity (Wildman–Crippen MR) is 216 cm³/mol. The molecule has 3 heteroatoms. The summed E-state index contributed by atoms with van der Waals surface area (Å²) in [4.78, 5) is 13.4. The van der Waals surface area contributed by atoms with Crippen molar-refractivity contribution in [1.29, 1.82) is 0 Å².